The normalized spacial score (nSPS) is 12.4. The van der Waals surface area contributed by atoms with Crippen LogP contribution >= 0.6 is 11.8 Å². The van der Waals surface area contributed by atoms with Crippen LogP contribution in [-0.2, 0) is 0 Å². The molecule has 18 heavy (non-hydrogen) atoms. The number of aryl methyl sites for hydroxylation is 1. The second-order valence-corrected chi connectivity index (χ2v) is 5.05. The van der Waals surface area contributed by atoms with Gasteiger partial charge in [-0.1, -0.05) is 24.3 Å². The fourth-order valence-electron chi connectivity index (χ4n) is 1.99. The van der Waals surface area contributed by atoms with E-state index in [1.54, 1.807) is 11.8 Å². The Morgan fingerprint density at radius 1 is 1.17 bits per heavy atom. The highest BCUT2D eigenvalue weighted by molar-refractivity contribution is 7.98. The maximum atomic E-state index is 13.4. The summed E-state index contributed by atoms with van der Waals surface area (Å²) in [5, 5.41) is 10.4. The molecule has 0 bridgehead atoms. The molecule has 0 radical (unpaired) electrons. The molecule has 1 N–H and O–H groups in total. The number of aliphatic hydroxyl groups is 1. The van der Waals surface area contributed by atoms with Crippen LogP contribution in [0.15, 0.2) is 47.4 Å². The van der Waals surface area contributed by atoms with Crippen molar-refractivity contribution in [1.29, 1.82) is 0 Å². The molecule has 0 heterocycles. The van der Waals surface area contributed by atoms with Crippen LogP contribution in [0.1, 0.15) is 22.8 Å². The Morgan fingerprint density at radius 2 is 1.89 bits per heavy atom. The second-order valence-electron chi connectivity index (χ2n) is 4.21. The van der Waals surface area contributed by atoms with Crippen molar-refractivity contribution in [3.8, 4) is 0 Å². The minimum atomic E-state index is -0.789. The smallest absolute Gasteiger partial charge is 0.123 e. The first-order valence-electron chi connectivity index (χ1n) is 5.70. The van der Waals surface area contributed by atoms with Gasteiger partial charge in [0, 0.05) is 4.90 Å². The van der Waals surface area contributed by atoms with E-state index in [4.69, 9.17) is 0 Å². The Balaban J connectivity index is 2.44. The molecule has 2 rings (SSSR count). The van der Waals surface area contributed by atoms with E-state index in [1.807, 2.05) is 43.5 Å². The Morgan fingerprint density at radius 3 is 2.56 bits per heavy atom. The largest absolute Gasteiger partial charge is 0.384 e. The molecule has 0 aliphatic carbocycles. The van der Waals surface area contributed by atoms with E-state index in [2.05, 4.69) is 0 Å². The lowest BCUT2D eigenvalue weighted by molar-refractivity contribution is 0.217. The molecule has 0 saturated heterocycles. The zero-order valence-corrected chi connectivity index (χ0v) is 11.2. The number of benzene rings is 2. The first kappa shape index (κ1) is 13.1. The molecule has 3 heteroatoms. The van der Waals surface area contributed by atoms with Gasteiger partial charge in [0.1, 0.15) is 11.9 Å². The van der Waals surface area contributed by atoms with Gasteiger partial charge < -0.3 is 5.11 Å². The van der Waals surface area contributed by atoms with E-state index in [1.165, 1.54) is 12.1 Å². The summed E-state index contributed by atoms with van der Waals surface area (Å²) < 4.78 is 13.4. The monoisotopic (exact) mass is 262 g/mol. The van der Waals surface area contributed by atoms with E-state index in [9.17, 15) is 9.50 Å². The van der Waals surface area contributed by atoms with Crippen molar-refractivity contribution in [3.05, 3.63) is 65.0 Å². The molecule has 0 saturated carbocycles. The Kier molecular flexibility index (Phi) is 4.04. The van der Waals surface area contributed by atoms with Crippen molar-refractivity contribution in [2.45, 2.75) is 17.9 Å². The summed E-state index contributed by atoms with van der Waals surface area (Å²) in [6, 6.07) is 12.3. The van der Waals surface area contributed by atoms with Crippen molar-refractivity contribution in [2.75, 3.05) is 6.26 Å². The highest BCUT2D eigenvalue weighted by Gasteiger charge is 2.15. The van der Waals surface area contributed by atoms with Crippen molar-refractivity contribution >= 4 is 11.8 Å². The van der Waals surface area contributed by atoms with Gasteiger partial charge in [0.25, 0.3) is 0 Å². The molecular weight excluding hydrogens is 247 g/mol. The molecule has 0 amide bonds. The average molecular weight is 262 g/mol. The van der Waals surface area contributed by atoms with Crippen molar-refractivity contribution in [1.82, 2.24) is 0 Å². The van der Waals surface area contributed by atoms with Crippen molar-refractivity contribution < 1.29 is 9.50 Å². The summed E-state index contributed by atoms with van der Waals surface area (Å²) in [4.78, 5) is 1.01. The standard InChI is InChI=1S/C15H15FOS/c1-10-7-11(9-12(16)8-10)15(17)13-5-3-4-6-14(13)18-2/h3-9,15,17H,1-2H3. The van der Waals surface area contributed by atoms with E-state index in [0.717, 1.165) is 16.0 Å². The molecule has 0 aliphatic rings. The third kappa shape index (κ3) is 2.74. The van der Waals surface area contributed by atoms with Gasteiger partial charge in [0.2, 0.25) is 0 Å². The third-order valence-electron chi connectivity index (χ3n) is 2.81. The fourth-order valence-corrected chi connectivity index (χ4v) is 2.62. The molecular formula is C15H15FOS. The average Bonchev–Trinajstić information content (AvgIpc) is 2.36. The van der Waals surface area contributed by atoms with Gasteiger partial charge in [-0.15, -0.1) is 11.8 Å². The summed E-state index contributed by atoms with van der Waals surface area (Å²) in [6.07, 6.45) is 1.17. The van der Waals surface area contributed by atoms with E-state index in [-0.39, 0.29) is 5.82 Å². The molecule has 94 valence electrons. The minimum absolute atomic E-state index is 0.314. The lowest BCUT2D eigenvalue weighted by Gasteiger charge is -2.15. The number of halogens is 1. The molecule has 2 aromatic rings. The van der Waals surface area contributed by atoms with Gasteiger partial charge in [0.05, 0.1) is 0 Å². The van der Waals surface area contributed by atoms with E-state index in [0.29, 0.717) is 5.56 Å². The van der Waals surface area contributed by atoms with Crippen LogP contribution in [0, 0.1) is 12.7 Å². The number of hydrogen-bond donors (Lipinski definition) is 1. The minimum Gasteiger partial charge on any atom is -0.384 e. The zero-order valence-electron chi connectivity index (χ0n) is 10.4. The van der Waals surface area contributed by atoms with Crippen LogP contribution in [-0.4, -0.2) is 11.4 Å². The van der Waals surface area contributed by atoms with Crippen LogP contribution in [0.25, 0.3) is 0 Å². The lowest BCUT2D eigenvalue weighted by atomic mass is 10.00. The molecule has 2 aromatic carbocycles. The van der Waals surface area contributed by atoms with Crippen LogP contribution in [0.5, 0.6) is 0 Å². The predicted molar refractivity (Wildman–Crippen MR) is 73.4 cm³/mol. The predicted octanol–water partition coefficient (Wildman–Crippen LogP) is 3.94. The van der Waals surface area contributed by atoms with Crippen LogP contribution in [0.4, 0.5) is 4.39 Å². The maximum absolute atomic E-state index is 13.4. The van der Waals surface area contributed by atoms with Gasteiger partial charge >= 0.3 is 0 Å². The summed E-state index contributed by atoms with van der Waals surface area (Å²) in [6.45, 7) is 1.82. The van der Waals surface area contributed by atoms with Crippen LogP contribution in [0.2, 0.25) is 0 Å². The quantitative estimate of drug-likeness (QED) is 0.845. The van der Waals surface area contributed by atoms with Crippen LogP contribution in [0.3, 0.4) is 0 Å². The molecule has 0 spiro atoms. The molecule has 1 unspecified atom stereocenters. The first-order valence-corrected chi connectivity index (χ1v) is 6.92. The summed E-state index contributed by atoms with van der Waals surface area (Å²) in [5.74, 6) is -0.314. The van der Waals surface area contributed by atoms with Crippen LogP contribution < -0.4 is 0 Å². The number of thioether (sulfide) groups is 1. The number of hydrogen-bond acceptors (Lipinski definition) is 2. The lowest BCUT2D eigenvalue weighted by Crippen LogP contribution is -2.02. The van der Waals surface area contributed by atoms with Gasteiger partial charge in [-0.05, 0) is 48.1 Å². The molecule has 0 aliphatic heterocycles. The Labute approximate surface area is 111 Å². The SMILES string of the molecule is CSc1ccccc1C(O)c1cc(C)cc(F)c1. The molecule has 0 fully saturated rings. The number of rotatable bonds is 3. The third-order valence-corrected chi connectivity index (χ3v) is 3.63. The van der Waals surface area contributed by atoms with Gasteiger partial charge in [-0.2, -0.15) is 0 Å². The molecule has 0 aromatic heterocycles. The summed E-state index contributed by atoms with van der Waals surface area (Å²) >= 11 is 1.57. The molecule has 1 nitrogen and oxygen atoms in total. The summed E-state index contributed by atoms with van der Waals surface area (Å²) in [5.41, 5.74) is 2.22. The van der Waals surface area contributed by atoms with Crippen molar-refractivity contribution in [2.24, 2.45) is 0 Å². The molecule has 1 atom stereocenters. The number of aliphatic hydroxyl groups excluding tert-OH is 1. The zero-order chi connectivity index (χ0) is 13.1. The first-order chi connectivity index (χ1) is 8.61. The van der Waals surface area contributed by atoms with E-state index < -0.39 is 6.10 Å². The van der Waals surface area contributed by atoms with Gasteiger partial charge in [0.15, 0.2) is 0 Å². The topological polar surface area (TPSA) is 20.2 Å². The van der Waals surface area contributed by atoms with Crippen molar-refractivity contribution in [3.63, 3.8) is 0 Å². The second kappa shape index (κ2) is 5.55. The highest BCUT2D eigenvalue weighted by atomic mass is 32.2. The maximum Gasteiger partial charge on any atom is 0.123 e. The van der Waals surface area contributed by atoms with E-state index >= 15 is 0 Å². The Bertz CT molecular complexity index is 534. The van der Waals surface area contributed by atoms with Gasteiger partial charge in [-0.25, -0.2) is 4.39 Å². The van der Waals surface area contributed by atoms with Gasteiger partial charge in [-0.3, -0.25) is 0 Å². The highest BCUT2D eigenvalue weighted by Crippen LogP contribution is 2.30. The Hall–Kier alpha value is -1.32. The fraction of sp³-hybridized carbons (Fsp3) is 0.200. The summed E-state index contributed by atoms with van der Waals surface area (Å²) in [7, 11) is 0.